The summed E-state index contributed by atoms with van der Waals surface area (Å²) in [6.45, 7) is 8.26. The summed E-state index contributed by atoms with van der Waals surface area (Å²) in [7, 11) is 2.13. The molecule has 1 N–H and O–H groups in total. The Labute approximate surface area is 170 Å². The minimum atomic E-state index is 0. The van der Waals surface area contributed by atoms with Crippen molar-refractivity contribution < 1.29 is 4.79 Å². The van der Waals surface area contributed by atoms with Gasteiger partial charge in [0.05, 0.1) is 0 Å². The van der Waals surface area contributed by atoms with E-state index >= 15 is 0 Å². The number of hydrogen-bond donors (Lipinski definition) is 1. The van der Waals surface area contributed by atoms with Crippen LogP contribution in [0.5, 0.6) is 0 Å². The Balaban J connectivity index is 0.00000169. The first-order valence-electron chi connectivity index (χ1n) is 9.35. The largest absolute Gasteiger partial charge is 0.372 e. The first-order chi connectivity index (χ1) is 11.6. The monoisotopic (exact) mass is 401 g/mol. The van der Waals surface area contributed by atoms with Gasteiger partial charge in [-0.25, -0.2) is 0 Å². The number of hydrogen-bond acceptors (Lipinski definition) is 3. The van der Waals surface area contributed by atoms with E-state index < -0.39 is 0 Å². The second-order valence-corrected chi connectivity index (χ2v) is 7.65. The topological polar surface area (TPSA) is 35.6 Å². The van der Waals surface area contributed by atoms with E-state index in [0.717, 1.165) is 26.2 Å². The fourth-order valence-electron chi connectivity index (χ4n) is 4.26. The Morgan fingerprint density at radius 2 is 1.88 bits per heavy atom. The van der Waals surface area contributed by atoms with Gasteiger partial charge in [0.2, 0.25) is 5.91 Å². The molecular formula is C20H33Cl2N3O. The van der Waals surface area contributed by atoms with Gasteiger partial charge in [0.1, 0.15) is 0 Å². The van der Waals surface area contributed by atoms with Crippen LogP contribution in [0.2, 0.25) is 0 Å². The molecule has 6 heteroatoms. The Morgan fingerprint density at radius 3 is 2.58 bits per heavy atom. The molecule has 3 rings (SSSR count). The molecule has 2 heterocycles. The Morgan fingerprint density at radius 1 is 1.23 bits per heavy atom. The molecule has 1 saturated heterocycles. The molecule has 1 aromatic rings. The highest BCUT2D eigenvalue weighted by Gasteiger charge is 2.29. The normalized spacial score (nSPS) is 21.7. The van der Waals surface area contributed by atoms with Crippen molar-refractivity contribution in [3.05, 3.63) is 29.8 Å². The summed E-state index contributed by atoms with van der Waals surface area (Å²) in [5.74, 6) is 1.48. The summed E-state index contributed by atoms with van der Waals surface area (Å²) in [5.41, 5.74) is 2.51. The molecule has 4 nitrogen and oxygen atoms in total. The molecule has 0 aromatic heterocycles. The van der Waals surface area contributed by atoms with Gasteiger partial charge in [-0.15, -0.1) is 24.8 Å². The summed E-state index contributed by atoms with van der Waals surface area (Å²) in [5, 5.41) is 3.42. The molecule has 0 radical (unpaired) electrons. The number of benzene rings is 1. The summed E-state index contributed by atoms with van der Waals surface area (Å²) in [4.78, 5) is 17.4. The zero-order chi connectivity index (χ0) is 17.1. The van der Waals surface area contributed by atoms with Crippen LogP contribution in [0.4, 0.5) is 5.69 Å². The predicted molar refractivity (Wildman–Crippen MR) is 114 cm³/mol. The Kier molecular flexibility index (Phi) is 9.22. The standard InChI is InChI=1S/C20H31N3O.2ClH/c1-15(17-8-10-21-11-9-17)12-20(24)23-14-18-6-4-5-7-19(18)22(3)13-16(23)2;;/h4-7,15-17,21H,8-14H2,1-3H3;2*1H. The van der Waals surface area contributed by atoms with E-state index in [1.54, 1.807) is 0 Å². The molecule has 0 bridgehead atoms. The molecule has 0 spiro atoms. The minimum absolute atomic E-state index is 0. The van der Waals surface area contributed by atoms with Crippen LogP contribution < -0.4 is 10.2 Å². The highest BCUT2D eigenvalue weighted by molar-refractivity contribution is 5.85. The van der Waals surface area contributed by atoms with E-state index in [-0.39, 0.29) is 30.9 Å². The van der Waals surface area contributed by atoms with Crippen molar-refractivity contribution in [2.45, 2.75) is 45.7 Å². The number of anilines is 1. The van der Waals surface area contributed by atoms with Crippen LogP contribution in [-0.4, -0.2) is 43.5 Å². The number of rotatable bonds is 3. The van der Waals surface area contributed by atoms with Crippen molar-refractivity contribution in [2.24, 2.45) is 11.8 Å². The molecule has 1 amide bonds. The third kappa shape index (κ3) is 5.28. The maximum atomic E-state index is 13.0. The summed E-state index contributed by atoms with van der Waals surface area (Å²) >= 11 is 0. The lowest BCUT2D eigenvalue weighted by atomic mass is 9.84. The Bertz CT molecular complexity index is 578. The van der Waals surface area contributed by atoms with Gasteiger partial charge in [0, 0.05) is 38.3 Å². The average molecular weight is 402 g/mol. The number of halogens is 2. The number of amides is 1. The molecule has 2 aliphatic rings. The van der Waals surface area contributed by atoms with Gasteiger partial charge in [0.15, 0.2) is 0 Å². The van der Waals surface area contributed by atoms with E-state index in [0.29, 0.717) is 24.2 Å². The fourth-order valence-corrected chi connectivity index (χ4v) is 4.26. The van der Waals surface area contributed by atoms with Crippen molar-refractivity contribution in [1.29, 1.82) is 0 Å². The number of carbonyl (C=O) groups is 1. The number of carbonyl (C=O) groups excluding carboxylic acids is 1. The lowest BCUT2D eigenvalue weighted by molar-refractivity contribution is -0.135. The van der Waals surface area contributed by atoms with Crippen molar-refractivity contribution >= 4 is 36.4 Å². The lowest BCUT2D eigenvalue weighted by Gasteiger charge is -2.32. The predicted octanol–water partition coefficient (Wildman–Crippen LogP) is 3.72. The molecule has 2 atom stereocenters. The molecule has 1 aromatic carbocycles. The zero-order valence-corrected chi connectivity index (χ0v) is 17.7. The van der Waals surface area contributed by atoms with Gasteiger partial charge in [-0.2, -0.15) is 0 Å². The molecule has 0 aliphatic carbocycles. The van der Waals surface area contributed by atoms with Gasteiger partial charge >= 0.3 is 0 Å². The second-order valence-electron chi connectivity index (χ2n) is 7.65. The van der Waals surface area contributed by atoms with Crippen LogP contribution in [0, 0.1) is 11.8 Å². The number of likely N-dealkylation sites (N-methyl/N-ethyl adjacent to an activating group) is 1. The molecule has 0 saturated carbocycles. The number of para-hydroxylation sites is 1. The molecule has 26 heavy (non-hydrogen) atoms. The molecule has 148 valence electrons. The van der Waals surface area contributed by atoms with Gasteiger partial charge in [-0.1, -0.05) is 25.1 Å². The zero-order valence-electron chi connectivity index (χ0n) is 16.1. The third-order valence-corrected chi connectivity index (χ3v) is 5.82. The highest BCUT2D eigenvalue weighted by Crippen LogP contribution is 2.29. The first kappa shape index (κ1) is 23.1. The van der Waals surface area contributed by atoms with E-state index in [9.17, 15) is 4.79 Å². The van der Waals surface area contributed by atoms with Crippen LogP contribution in [0.25, 0.3) is 0 Å². The summed E-state index contributed by atoms with van der Waals surface area (Å²) in [6.07, 6.45) is 3.09. The van der Waals surface area contributed by atoms with Crippen molar-refractivity contribution in [2.75, 3.05) is 31.6 Å². The molecule has 2 unspecified atom stereocenters. The van der Waals surface area contributed by atoms with Crippen LogP contribution in [0.1, 0.15) is 38.7 Å². The highest BCUT2D eigenvalue weighted by atomic mass is 35.5. The maximum Gasteiger partial charge on any atom is 0.223 e. The average Bonchev–Trinajstić information content (AvgIpc) is 2.72. The Hall–Kier alpha value is -0.970. The SMILES string of the molecule is CC(CC(=O)N1Cc2ccccc2N(C)CC1C)C1CCNCC1.Cl.Cl. The van der Waals surface area contributed by atoms with E-state index in [2.05, 4.69) is 60.3 Å². The molecular weight excluding hydrogens is 369 g/mol. The quantitative estimate of drug-likeness (QED) is 0.837. The number of piperidine rings is 1. The van der Waals surface area contributed by atoms with Crippen LogP contribution >= 0.6 is 24.8 Å². The smallest absolute Gasteiger partial charge is 0.223 e. The number of nitrogens with zero attached hydrogens (tertiary/aromatic N) is 2. The second kappa shape index (κ2) is 10.4. The maximum absolute atomic E-state index is 13.0. The molecule has 1 fully saturated rings. The molecule has 2 aliphatic heterocycles. The number of nitrogens with one attached hydrogen (secondary N) is 1. The lowest BCUT2D eigenvalue weighted by Crippen LogP contribution is -2.43. The van der Waals surface area contributed by atoms with E-state index in [1.165, 1.54) is 24.1 Å². The van der Waals surface area contributed by atoms with Crippen molar-refractivity contribution in [3.63, 3.8) is 0 Å². The first-order valence-corrected chi connectivity index (χ1v) is 9.35. The van der Waals surface area contributed by atoms with Gasteiger partial charge in [-0.05, 0) is 56.3 Å². The van der Waals surface area contributed by atoms with Crippen LogP contribution in [0.3, 0.4) is 0 Å². The van der Waals surface area contributed by atoms with Crippen LogP contribution in [0.15, 0.2) is 24.3 Å². The minimum Gasteiger partial charge on any atom is -0.372 e. The van der Waals surface area contributed by atoms with E-state index in [1.807, 2.05) is 0 Å². The fraction of sp³-hybridized carbons (Fsp3) is 0.650. The summed E-state index contributed by atoms with van der Waals surface area (Å²) in [6, 6.07) is 8.71. The number of fused-ring (bicyclic) bond motifs is 1. The van der Waals surface area contributed by atoms with Gasteiger partial charge < -0.3 is 15.1 Å². The van der Waals surface area contributed by atoms with E-state index in [4.69, 9.17) is 0 Å². The van der Waals surface area contributed by atoms with Crippen molar-refractivity contribution in [1.82, 2.24) is 10.2 Å². The van der Waals surface area contributed by atoms with Gasteiger partial charge in [0.25, 0.3) is 0 Å². The van der Waals surface area contributed by atoms with Gasteiger partial charge in [-0.3, -0.25) is 4.79 Å². The van der Waals surface area contributed by atoms with Crippen molar-refractivity contribution in [3.8, 4) is 0 Å². The van der Waals surface area contributed by atoms with Crippen LogP contribution in [-0.2, 0) is 11.3 Å². The summed E-state index contributed by atoms with van der Waals surface area (Å²) < 4.78 is 0. The third-order valence-electron chi connectivity index (χ3n) is 5.82.